The second-order valence-corrected chi connectivity index (χ2v) is 5.53. The first-order valence-corrected chi connectivity index (χ1v) is 7.36. The fourth-order valence-electron chi connectivity index (χ4n) is 2.37. The Morgan fingerprint density at radius 2 is 1.95 bits per heavy atom. The maximum Gasteiger partial charge on any atom is 0.212 e. The molecule has 0 saturated carbocycles. The molecule has 4 heterocycles. The van der Waals surface area contributed by atoms with Crippen LogP contribution in [0.2, 0.25) is 0 Å². The van der Waals surface area contributed by atoms with E-state index in [9.17, 15) is 0 Å². The van der Waals surface area contributed by atoms with E-state index in [-0.39, 0.29) is 0 Å². The first-order valence-electron chi connectivity index (χ1n) is 6.48. The van der Waals surface area contributed by atoms with Crippen molar-refractivity contribution >= 4 is 22.4 Å². The van der Waals surface area contributed by atoms with Crippen molar-refractivity contribution in [3.05, 3.63) is 54.1 Å². The molecule has 102 valence electrons. The van der Waals surface area contributed by atoms with Crippen molar-refractivity contribution in [2.24, 2.45) is 0 Å². The molecular weight excluding hydrogens is 282 g/mol. The molecule has 0 spiro atoms. The number of aryl methyl sites for hydroxylation is 1. The summed E-state index contributed by atoms with van der Waals surface area (Å²) in [5.74, 6) is 0. The highest BCUT2D eigenvalue weighted by atomic mass is 32.1. The molecule has 0 amide bonds. The number of fused-ring (bicyclic) bond motifs is 1. The highest BCUT2D eigenvalue weighted by Gasteiger charge is 2.13. The second kappa shape index (κ2) is 4.75. The fraction of sp³-hybridized carbons (Fsp3) is 0.0667. The predicted octanol–water partition coefficient (Wildman–Crippen LogP) is 3.25. The summed E-state index contributed by atoms with van der Waals surface area (Å²) in [4.78, 5) is 13.0. The molecule has 5 nitrogen and oxygen atoms in total. The van der Waals surface area contributed by atoms with Gasteiger partial charge in [-0.15, -0.1) is 11.3 Å². The molecule has 0 aromatic carbocycles. The zero-order chi connectivity index (χ0) is 14.2. The van der Waals surface area contributed by atoms with Crippen LogP contribution in [-0.2, 0) is 0 Å². The molecule has 0 fully saturated rings. The lowest BCUT2D eigenvalue weighted by Crippen LogP contribution is -1.96. The van der Waals surface area contributed by atoms with Crippen LogP contribution in [-0.4, -0.2) is 24.7 Å². The quantitative estimate of drug-likeness (QED) is 0.569. The molecule has 6 heteroatoms. The number of aromatic nitrogens is 5. The van der Waals surface area contributed by atoms with Gasteiger partial charge in [-0.2, -0.15) is 9.78 Å². The predicted molar refractivity (Wildman–Crippen MR) is 82.5 cm³/mol. The Balaban J connectivity index is 1.99. The Bertz CT molecular complexity index is 911. The molecule has 4 rings (SSSR count). The summed E-state index contributed by atoms with van der Waals surface area (Å²) in [6.07, 6.45) is 9.09. The summed E-state index contributed by atoms with van der Waals surface area (Å²) in [7, 11) is 0. The SMILES string of the molecule is Cc1ccncc1-c1ccnc2c1cnn2-c1nccs1. The Labute approximate surface area is 124 Å². The molecule has 0 aliphatic rings. The van der Waals surface area contributed by atoms with E-state index in [1.807, 2.05) is 29.9 Å². The van der Waals surface area contributed by atoms with Crippen LogP contribution in [0.25, 0.3) is 27.3 Å². The highest BCUT2D eigenvalue weighted by molar-refractivity contribution is 7.12. The summed E-state index contributed by atoms with van der Waals surface area (Å²) in [6, 6.07) is 4.01. The van der Waals surface area contributed by atoms with E-state index in [0.29, 0.717) is 0 Å². The van der Waals surface area contributed by atoms with Crippen molar-refractivity contribution in [1.29, 1.82) is 0 Å². The lowest BCUT2D eigenvalue weighted by atomic mass is 10.0. The molecule has 0 atom stereocenters. The monoisotopic (exact) mass is 293 g/mol. The van der Waals surface area contributed by atoms with E-state index in [0.717, 1.165) is 27.3 Å². The molecular formula is C15H11N5S. The number of hydrogen-bond acceptors (Lipinski definition) is 5. The van der Waals surface area contributed by atoms with E-state index in [4.69, 9.17) is 0 Å². The van der Waals surface area contributed by atoms with Crippen LogP contribution in [0.3, 0.4) is 0 Å². The van der Waals surface area contributed by atoms with E-state index < -0.39 is 0 Å². The number of rotatable bonds is 2. The molecule has 0 unspecified atom stereocenters. The van der Waals surface area contributed by atoms with Crippen LogP contribution >= 0.6 is 11.3 Å². The van der Waals surface area contributed by atoms with E-state index in [1.54, 1.807) is 23.3 Å². The lowest BCUT2D eigenvalue weighted by Gasteiger charge is -2.06. The maximum atomic E-state index is 4.46. The highest BCUT2D eigenvalue weighted by Crippen LogP contribution is 2.30. The summed E-state index contributed by atoms with van der Waals surface area (Å²) >= 11 is 1.54. The van der Waals surface area contributed by atoms with E-state index >= 15 is 0 Å². The van der Waals surface area contributed by atoms with Gasteiger partial charge in [-0.1, -0.05) is 0 Å². The van der Waals surface area contributed by atoms with Gasteiger partial charge in [0.05, 0.1) is 6.20 Å². The van der Waals surface area contributed by atoms with E-state index in [2.05, 4.69) is 27.0 Å². The van der Waals surface area contributed by atoms with Crippen molar-refractivity contribution in [2.45, 2.75) is 6.92 Å². The van der Waals surface area contributed by atoms with Gasteiger partial charge < -0.3 is 0 Å². The van der Waals surface area contributed by atoms with Gasteiger partial charge in [-0.05, 0) is 30.2 Å². The molecule has 0 saturated heterocycles. The third-order valence-electron chi connectivity index (χ3n) is 3.40. The summed E-state index contributed by atoms with van der Waals surface area (Å²) in [5, 5.41) is 8.18. The Hall–Kier alpha value is -2.60. The average molecular weight is 293 g/mol. The molecule has 0 aliphatic carbocycles. The summed E-state index contributed by atoms with van der Waals surface area (Å²) in [5.41, 5.74) is 4.18. The molecule has 4 aromatic rings. The zero-order valence-corrected chi connectivity index (χ0v) is 12.1. The minimum absolute atomic E-state index is 0.811. The average Bonchev–Trinajstić information content (AvgIpc) is 3.16. The van der Waals surface area contributed by atoms with Gasteiger partial charge in [-0.25, -0.2) is 9.97 Å². The molecule has 0 aliphatic heterocycles. The zero-order valence-electron chi connectivity index (χ0n) is 11.3. The minimum atomic E-state index is 0.811. The third-order valence-corrected chi connectivity index (χ3v) is 4.15. The smallest absolute Gasteiger partial charge is 0.212 e. The van der Waals surface area contributed by atoms with Crippen LogP contribution in [0.15, 0.2) is 48.5 Å². The second-order valence-electron chi connectivity index (χ2n) is 4.66. The normalized spacial score (nSPS) is 11.1. The van der Waals surface area contributed by atoms with Crippen molar-refractivity contribution in [2.75, 3.05) is 0 Å². The largest absolute Gasteiger partial charge is 0.264 e. The van der Waals surface area contributed by atoms with Crippen molar-refractivity contribution in [3.63, 3.8) is 0 Å². The van der Waals surface area contributed by atoms with Gasteiger partial charge in [-0.3, -0.25) is 4.98 Å². The van der Waals surface area contributed by atoms with Crippen molar-refractivity contribution in [3.8, 4) is 16.3 Å². The van der Waals surface area contributed by atoms with Crippen LogP contribution in [0.4, 0.5) is 0 Å². The fourth-order valence-corrected chi connectivity index (χ4v) is 2.97. The van der Waals surface area contributed by atoms with Crippen molar-refractivity contribution in [1.82, 2.24) is 24.7 Å². The van der Waals surface area contributed by atoms with Crippen LogP contribution in [0.1, 0.15) is 5.56 Å². The lowest BCUT2D eigenvalue weighted by molar-refractivity contribution is 0.886. The summed E-state index contributed by atoms with van der Waals surface area (Å²) < 4.78 is 1.77. The van der Waals surface area contributed by atoms with Crippen LogP contribution in [0, 0.1) is 6.92 Å². The number of nitrogens with zero attached hydrogens (tertiary/aromatic N) is 5. The van der Waals surface area contributed by atoms with Gasteiger partial charge in [0.2, 0.25) is 5.13 Å². The standard InChI is InChI=1S/C15H11N5S/c1-10-2-4-16-8-12(10)11-3-5-17-14-13(11)9-19-20(14)15-18-6-7-21-15/h2-9H,1H3. The van der Waals surface area contributed by atoms with Gasteiger partial charge in [0.15, 0.2) is 5.65 Å². The molecule has 0 bridgehead atoms. The number of thiazole rings is 1. The molecule has 0 radical (unpaired) electrons. The van der Waals surface area contributed by atoms with Crippen molar-refractivity contribution < 1.29 is 0 Å². The van der Waals surface area contributed by atoms with Crippen LogP contribution < -0.4 is 0 Å². The summed E-state index contributed by atoms with van der Waals surface area (Å²) in [6.45, 7) is 2.08. The number of hydrogen-bond donors (Lipinski definition) is 0. The maximum absolute atomic E-state index is 4.46. The van der Waals surface area contributed by atoms with E-state index in [1.165, 1.54) is 16.9 Å². The topological polar surface area (TPSA) is 56.5 Å². The molecule has 21 heavy (non-hydrogen) atoms. The Morgan fingerprint density at radius 3 is 2.76 bits per heavy atom. The molecule has 0 N–H and O–H groups in total. The van der Waals surface area contributed by atoms with Gasteiger partial charge in [0.25, 0.3) is 0 Å². The Kier molecular flexibility index (Phi) is 2.75. The molecule has 4 aromatic heterocycles. The minimum Gasteiger partial charge on any atom is -0.264 e. The first kappa shape index (κ1) is 12.2. The Morgan fingerprint density at radius 1 is 1.00 bits per heavy atom. The first-order chi connectivity index (χ1) is 10.3. The third kappa shape index (κ3) is 1.92. The van der Waals surface area contributed by atoms with Gasteiger partial charge >= 0.3 is 0 Å². The number of pyridine rings is 2. The van der Waals surface area contributed by atoms with Crippen LogP contribution in [0.5, 0.6) is 0 Å². The van der Waals surface area contributed by atoms with Gasteiger partial charge in [0, 0.05) is 41.1 Å². The van der Waals surface area contributed by atoms with Gasteiger partial charge in [0.1, 0.15) is 0 Å².